The molecule has 0 saturated heterocycles. The molecule has 56 heavy (non-hydrogen) atoms. The summed E-state index contributed by atoms with van der Waals surface area (Å²) in [5.41, 5.74) is 5.51. The number of benzene rings is 5. The number of amides is 4. The number of fused-ring (bicyclic) bond motifs is 4. The highest BCUT2D eigenvalue weighted by Gasteiger charge is 2.33. The Bertz CT molecular complexity index is 2120. The van der Waals surface area contributed by atoms with Crippen LogP contribution in [-0.4, -0.2) is 66.8 Å². The molecule has 0 spiro atoms. The number of carbonyl (C=O) groups is 4. The Kier molecular flexibility index (Phi) is 12.7. The average Bonchev–Trinajstić information content (AvgIpc) is 3.51. The zero-order valence-corrected chi connectivity index (χ0v) is 32.4. The van der Waals surface area contributed by atoms with E-state index in [0.717, 1.165) is 44.2 Å². The first-order chi connectivity index (χ1) is 27.0. The van der Waals surface area contributed by atoms with Crippen LogP contribution in [-0.2, 0) is 32.0 Å². The highest BCUT2D eigenvalue weighted by Crippen LogP contribution is 2.44. The maximum absolute atomic E-state index is 14.2. The molecule has 3 N–H and O–H groups in total. The minimum Gasteiger partial charge on any atom is -0.449 e. The number of nitrogens with zero attached hydrogens (tertiary/aromatic N) is 1. The van der Waals surface area contributed by atoms with E-state index >= 15 is 0 Å². The zero-order valence-electron chi connectivity index (χ0n) is 32.4. The third kappa shape index (κ3) is 10.1. The van der Waals surface area contributed by atoms with E-state index in [1.165, 1.54) is 4.90 Å². The molecule has 10 heteroatoms. The summed E-state index contributed by atoms with van der Waals surface area (Å²) in [7, 11) is 1.57. The van der Waals surface area contributed by atoms with Crippen molar-refractivity contribution in [2.24, 2.45) is 0 Å². The number of alkyl carbamates (subject to hydrolysis) is 2. The van der Waals surface area contributed by atoms with Crippen molar-refractivity contribution in [1.29, 1.82) is 0 Å². The van der Waals surface area contributed by atoms with Crippen LogP contribution in [0.1, 0.15) is 61.8 Å². The SMILES string of the molecule is CN(C(=O)[C@H](Cc1ccccc1)NC(=O)OC(C)(C)C)[C@@H](CCCNC(=O)OCC1c2ccccc2-c2ccccc21)C(=O)NCc1ccc2ccccc2c1. The molecule has 0 radical (unpaired) electrons. The Hall–Kier alpha value is -6.16. The van der Waals surface area contributed by atoms with Crippen molar-refractivity contribution in [1.82, 2.24) is 20.9 Å². The predicted octanol–water partition coefficient (Wildman–Crippen LogP) is 7.74. The lowest BCUT2D eigenvalue weighted by Gasteiger charge is -2.31. The predicted molar refractivity (Wildman–Crippen MR) is 218 cm³/mol. The number of rotatable bonds is 14. The Labute approximate surface area is 328 Å². The first-order valence-corrected chi connectivity index (χ1v) is 19.1. The second kappa shape index (κ2) is 18.0. The number of nitrogens with one attached hydrogen (secondary N) is 3. The fourth-order valence-electron chi connectivity index (χ4n) is 7.19. The second-order valence-corrected chi connectivity index (χ2v) is 15.1. The minimum atomic E-state index is -1.01. The smallest absolute Gasteiger partial charge is 0.408 e. The van der Waals surface area contributed by atoms with Crippen LogP contribution in [0.15, 0.2) is 121 Å². The molecule has 1 aliphatic rings. The molecule has 0 aromatic heterocycles. The van der Waals surface area contributed by atoms with Gasteiger partial charge in [0.25, 0.3) is 0 Å². The van der Waals surface area contributed by atoms with Crippen LogP contribution in [0.5, 0.6) is 0 Å². The Morgan fingerprint density at radius 3 is 2.02 bits per heavy atom. The fraction of sp³-hybridized carbons (Fsp3) is 0.304. The van der Waals surface area contributed by atoms with E-state index in [1.54, 1.807) is 27.8 Å². The van der Waals surface area contributed by atoms with Crippen molar-refractivity contribution in [2.45, 2.75) is 70.2 Å². The molecule has 6 rings (SSSR count). The summed E-state index contributed by atoms with van der Waals surface area (Å²) >= 11 is 0. The molecule has 0 heterocycles. The lowest BCUT2D eigenvalue weighted by Crippen LogP contribution is -2.55. The van der Waals surface area contributed by atoms with E-state index in [9.17, 15) is 19.2 Å². The highest BCUT2D eigenvalue weighted by atomic mass is 16.6. The molecule has 0 saturated carbocycles. The number of hydrogen-bond acceptors (Lipinski definition) is 6. The first kappa shape index (κ1) is 39.5. The van der Waals surface area contributed by atoms with Gasteiger partial charge in [0.05, 0.1) is 0 Å². The van der Waals surface area contributed by atoms with Crippen LogP contribution < -0.4 is 16.0 Å². The maximum atomic E-state index is 14.2. The Morgan fingerprint density at radius 1 is 0.714 bits per heavy atom. The van der Waals surface area contributed by atoms with Crippen molar-refractivity contribution >= 4 is 34.8 Å². The van der Waals surface area contributed by atoms with Gasteiger partial charge in [0, 0.05) is 32.5 Å². The van der Waals surface area contributed by atoms with Gasteiger partial charge in [-0.2, -0.15) is 0 Å². The summed E-state index contributed by atoms with van der Waals surface area (Å²) in [6, 6.07) is 37.7. The molecule has 0 bridgehead atoms. The average molecular weight is 755 g/mol. The van der Waals surface area contributed by atoms with Crippen molar-refractivity contribution < 1.29 is 28.7 Å². The standard InChI is InChI=1S/C46H50N4O6/c1-46(2,3)56-45(54)49-40(28-31-15-6-5-7-16-31)43(52)50(4)41(42(51)48-29-32-24-25-33-17-8-9-18-34(33)27-32)23-14-26-47-44(53)55-30-39-37-21-12-10-19-35(37)36-20-11-13-22-38(36)39/h5-13,15-22,24-25,27,39-41H,14,23,26,28-30H2,1-4H3,(H,47,53)(H,48,51)(H,49,54)/t40-,41-/m0/s1. The molecule has 0 aliphatic heterocycles. The summed E-state index contributed by atoms with van der Waals surface area (Å²) in [5.74, 6) is -0.873. The maximum Gasteiger partial charge on any atom is 0.408 e. The number of likely N-dealkylation sites (N-methyl/N-ethyl adjacent to an activating group) is 1. The van der Waals surface area contributed by atoms with Gasteiger partial charge < -0.3 is 30.3 Å². The van der Waals surface area contributed by atoms with Gasteiger partial charge in [-0.25, -0.2) is 9.59 Å². The van der Waals surface area contributed by atoms with Crippen LogP contribution in [0.2, 0.25) is 0 Å². The van der Waals surface area contributed by atoms with E-state index < -0.39 is 35.8 Å². The molecular weight excluding hydrogens is 705 g/mol. The van der Waals surface area contributed by atoms with E-state index in [-0.39, 0.29) is 44.4 Å². The largest absolute Gasteiger partial charge is 0.449 e. The van der Waals surface area contributed by atoms with Crippen molar-refractivity contribution in [3.63, 3.8) is 0 Å². The summed E-state index contributed by atoms with van der Waals surface area (Å²) < 4.78 is 11.2. The normalized spacial score (nSPS) is 13.1. The van der Waals surface area contributed by atoms with Crippen LogP contribution >= 0.6 is 0 Å². The van der Waals surface area contributed by atoms with Gasteiger partial charge >= 0.3 is 12.2 Å². The van der Waals surface area contributed by atoms with Gasteiger partial charge in [-0.15, -0.1) is 0 Å². The summed E-state index contributed by atoms with van der Waals surface area (Å²) in [4.78, 5) is 55.5. The Morgan fingerprint density at radius 2 is 1.34 bits per heavy atom. The van der Waals surface area contributed by atoms with Crippen LogP contribution in [0, 0.1) is 0 Å². The zero-order chi connectivity index (χ0) is 39.7. The first-order valence-electron chi connectivity index (χ1n) is 19.1. The topological polar surface area (TPSA) is 126 Å². The van der Waals surface area contributed by atoms with Gasteiger partial charge in [-0.05, 0) is 83.8 Å². The van der Waals surface area contributed by atoms with E-state index in [1.807, 2.05) is 97.1 Å². The number of carbonyl (C=O) groups excluding carboxylic acids is 4. The quantitative estimate of drug-likeness (QED) is 0.0997. The van der Waals surface area contributed by atoms with E-state index in [4.69, 9.17) is 9.47 Å². The van der Waals surface area contributed by atoms with Gasteiger partial charge in [0.1, 0.15) is 24.3 Å². The van der Waals surface area contributed by atoms with Gasteiger partial charge in [-0.3, -0.25) is 9.59 Å². The van der Waals surface area contributed by atoms with Crippen LogP contribution in [0.4, 0.5) is 9.59 Å². The van der Waals surface area contributed by atoms with Crippen LogP contribution in [0.25, 0.3) is 21.9 Å². The lowest BCUT2D eigenvalue weighted by molar-refractivity contribution is -0.140. The summed E-state index contributed by atoms with van der Waals surface area (Å²) in [6.45, 7) is 5.91. The molecule has 4 amide bonds. The summed E-state index contributed by atoms with van der Waals surface area (Å²) in [5, 5.41) is 10.7. The Balaban J connectivity index is 1.12. The monoisotopic (exact) mass is 754 g/mol. The molecule has 2 atom stereocenters. The molecule has 0 unspecified atom stereocenters. The van der Waals surface area contributed by atoms with Gasteiger partial charge in [-0.1, -0.05) is 115 Å². The molecular formula is C46H50N4O6. The molecule has 1 aliphatic carbocycles. The molecule has 5 aromatic carbocycles. The van der Waals surface area contributed by atoms with E-state index in [0.29, 0.717) is 6.42 Å². The number of hydrogen-bond donors (Lipinski definition) is 3. The van der Waals surface area contributed by atoms with Crippen molar-refractivity contribution in [3.05, 3.63) is 144 Å². The molecule has 290 valence electrons. The molecule has 5 aromatic rings. The van der Waals surface area contributed by atoms with Gasteiger partial charge in [0.2, 0.25) is 11.8 Å². The third-order valence-corrected chi connectivity index (χ3v) is 9.94. The molecule has 10 nitrogen and oxygen atoms in total. The highest BCUT2D eigenvalue weighted by molar-refractivity contribution is 5.91. The van der Waals surface area contributed by atoms with Crippen LogP contribution in [0.3, 0.4) is 0 Å². The van der Waals surface area contributed by atoms with Crippen molar-refractivity contribution in [2.75, 3.05) is 20.2 Å². The van der Waals surface area contributed by atoms with E-state index in [2.05, 4.69) is 40.2 Å². The van der Waals surface area contributed by atoms with Gasteiger partial charge in [0.15, 0.2) is 0 Å². The second-order valence-electron chi connectivity index (χ2n) is 15.1. The summed E-state index contributed by atoms with van der Waals surface area (Å²) in [6.07, 6.45) is -0.487. The minimum absolute atomic E-state index is 0.0680. The number of ether oxygens (including phenoxy) is 2. The fourth-order valence-corrected chi connectivity index (χ4v) is 7.19. The molecule has 0 fully saturated rings. The van der Waals surface area contributed by atoms with Crippen molar-refractivity contribution in [3.8, 4) is 11.1 Å². The third-order valence-electron chi connectivity index (χ3n) is 9.94. The lowest BCUT2D eigenvalue weighted by atomic mass is 9.98.